The summed E-state index contributed by atoms with van der Waals surface area (Å²) in [6.45, 7) is 1.37. The largest absolute Gasteiger partial charge is 0.457 e. The molecule has 0 spiro atoms. The fraction of sp³-hybridized carbons (Fsp3) is 0.174. The van der Waals surface area contributed by atoms with Gasteiger partial charge in [-0.1, -0.05) is 6.07 Å². The van der Waals surface area contributed by atoms with Crippen molar-refractivity contribution in [3.05, 3.63) is 77.6 Å². The average molecular weight is 460 g/mol. The monoisotopic (exact) mass is 460 g/mol. The van der Waals surface area contributed by atoms with Crippen molar-refractivity contribution in [2.75, 3.05) is 24.7 Å². The lowest BCUT2D eigenvalue weighted by molar-refractivity contribution is -0.138. The molecule has 0 saturated carbocycles. The lowest BCUT2D eigenvalue weighted by Crippen LogP contribution is -2.18. The maximum atomic E-state index is 12.4. The molecular formula is C23H23F3N4O3. The van der Waals surface area contributed by atoms with Crippen LogP contribution in [-0.4, -0.2) is 31.4 Å². The minimum absolute atomic E-state index is 0.133. The molecule has 0 bridgehead atoms. The first kappa shape index (κ1) is 25.2. The van der Waals surface area contributed by atoms with E-state index >= 15 is 0 Å². The van der Waals surface area contributed by atoms with Gasteiger partial charge in [0.1, 0.15) is 17.2 Å². The number of hydrogen-bond donors (Lipinski definition) is 3. The van der Waals surface area contributed by atoms with Gasteiger partial charge < -0.3 is 20.7 Å². The molecular weight excluding hydrogens is 437 g/mol. The van der Waals surface area contributed by atoms with Crippen LogP contribution in [0.4, 0.5) is 24.5 Å². The highest BCUT2D eigenvalue weighted by molar-refractivity contribution is 5.92. The summed E-state index contributed by atoms with van der Waals surface area (Å²) >= 11 is 0. The average Bonchev–Trinajstić information content (AvgIpc) is 2.80. The molecule has 0 aliphatic rings. The first-order chi connectivity index (χ1) is 15.7. The third-order valence-corrected chi connectivity index (χ3v) is 4.34. The Balaban J connectivity index is 0.000000245. The van der Waals surface area contributed by atoms with Gasteiger partial charge in [-0.3, -0.25) is 14.6 Å². The Labute approximate surface area is 189 Å². The van der Waals surface area contributed by atoms with Crippen molar-refractivity contribution < 1.29 is 27.5 Å². The molecule has 0 radical (unpaired) electrons. The molecule has 0 fully saturated rings. The molecule has 3 rings (SSSR count). The third-order valence-electron chi connectivity index (χ3n) is 4.34. The topological polar surface area (TPSA) is 92.3 Å². The van der Waals surface area contributed by atoms with Crippen molar-refractivity contribution in [2.24, 2.45) is 0 Å². The van der Waals surface area contributed by atoms with E-state index in [0.717, 1.165) is 11.8 Å². The van der Waals surface area contributed by atoms with E-state index in [-0.39, 0.29) is 17.2 Å². The number of benzene rings is 2. The molecule has 0 saturated heterocycles. The van der Waals surface area contributed by atoms with Crippen molar-refractivity contribution >= 4 is 23.7 Å². The summed E-state index contributed by atoms with van der Waals surface area (Å²) in [5, 5.41) is 7.72. The van der Waals surface area contributed by atoms with E-state index in [1.165, 1.54) is 19.1 Å². The maximum Gasteiger partial charge on any atom is 0.416 e. The van der Waals surface area contributed by atoms with E-state index in [1.807, 2.05) is 31.3 Å². The van der Waals surface area contributed by atoms with Crippen LogP contribution in [0.1, 0.15) is 21.6 Å². The molecule has 7 nitrogen and oxygen atoms in total. The van der Waals surface area contributed by atoms with Gasteiger partial charge in [-0.15, -0.1) is 0 Å². The maximum absolute atomic E-state index is 12.4. The number of anilines is 2. The number of amides is 2. The second-order valence-corrected chi connectivity index (χ2v) is 6.62. The van der Waals surface area contributed by atoms with Crippen LogP contribution >= 0.6 is 0 Å². The molecule has 2 aromatic carbocycles. The van der Waals surface area contributed by atoms with E-state index in [0.29, 0.717) is 23.6 Å². The van der Waals surface area contributed by atoms with Crippen molar-refractivity contribution in [1.29, 1.82) is 0 Å². The zero-order valence-electron chi connectivity index (χ0n) is 18.2. The van der Waals surface area contributed by atoms with Gasteiger partial charge in [-0.25, -0.2) is 0 Å². The fourth-order valence-electron chi connectivity index (χ4n) is 2.64. The number of hydrogen-bond acceptors (Lipinski definition) is 5. The number of carbonyl (C=O) groups excluding carboxylic acids is 2. The predicted octanol–water partition coefficient (Wildman–Crippen LogP) is 4.86. The highest BCUT2D eigenvalue weighted by Crippen LogP contribution is 2.33. The van der Waals surface area contributed by atoms with Gasteiger partial charge in [-0.05, 0) is 55.0 Å². The second kappa shape index (κ2) is 11.5. The number of nitrogens with zero attached hydrogens (tertiary/aromatic N) is 1. The summed E-state index contributed by atoms with van der Waals surface area (Å²) in [6.07, 6.45) is -2.50. The third kappa shape index (κ3) is 7.53. The van der Waals surface area contributed by atoms with Crippen molar-refractivity contribution in [2.45, 2.75) is 13.1 Å². The number of halogens is 3. The summed E-state index contributed by atoms with van der Waals surface area (Å²) in [4.78, 5) is 25.5. The minimum atomic E-state index is -4.38. The number of carbonyl (C=O) groups is 2. The fourth-order valence-corrected chi connectivity index (χ4v) is 2.64. The van der Waals surface area contributed by atoms with Crippen LogP contribution in [0.5, 0.6) is 11.5 Å². The molecule has 1 aromatic heterocycles. The number of pyridine rings is 1. The lowest BCUT2D eigenvalue weighted by Gasteiger charge is -2.11. The summed E-state index contributed by atoms with van der Waals surface area (Å²) in [6, 6.07) is 14.5. The summed E-state index contributed by atoms with van der Waals surface area (Å²) in [7, 11) is 3.42. The van der Waals surface area contributed by atoms with Gasteiger partial charge in [0.2, 0.25) is 6.41 Å². The van der Waals surface area contributed by atoms with E-state index in [2.05, 4.69) is 20.9 Å². The molecule has 174 valence electrons. The molecule has 0 unspecified atom stereocenters. The van der Waals surface area contributed by atoms with Crippen molar-refractivity contribution in [3.8, 4) is 11.5 Å². The number of nitrogens with one attached hydrogen (secondary N) is 3. The standard InChI is InChI=1S/C14H15N3O2.C9H8F3NO/c1-15-10-3-5-11(6-4-10)19-12-7-8-17-13(9-12)14(18)16-2;1-6-2-3-7(13-5-14)4-8(6)9(10,11)12/h3-9,15H,1-2H3,(H,16,18);2-5H,1H3,(H,13,14). The van der Waals surface area contributed by atoms with Crippen LogP contribution < -0.4 is 20.7 Å². The van der Waals surface area contributed by atoms with Crippen LogP contribution in [0.25, 0.3) is 0 Å². The molecule has 2 amide bonds. The predicted molar refractivity (Wildman–Crippen MR) is 120 cm³/mol. The summed E-state index contributed by atoms with van der Waals surface area (Å²) in [5.74, 6) is 1.04. The molecule has 0 aliphatic carbocycles. The number of rotatable bonds is 6. The van der Waals surface area contributed by atoms with Gasteiger partial charge in [0.25, 0.3) is 5.91 Å². The van der Waals surface area contributed by atoms with Gasteiger partial charge in [0, 0.05) is 37.7 Å². The molecule has 0 atom stereocenters. The minimum Gasteiger partial charge on any atom is -0.457 e. The number of aryl methyl sites for hydroxylation is 1. The van der Waals surface area contributed by atoms with Gasteiger partial charge in [-0.2, -0.15) is 13.2 Å². The SMILES string of the molecule is CNC(=O)c1cc(Oc2ccc(NC)cc2)ccn1.Cc1ccc(NC=O)cc1C(F)(F)F. The van der Waals surface area contributed by atoms with Gasteiger partial charge in [0.05, 0.1) is 5.56 Å². The smallest absolute Gasteiger partial charge is 0.416 e. The molecule has 3 aromatic rings. The normalized spacial score (nSPS) is 10.4. The number of ether oxygens (including phenoxy) is 1. The lowest BCUT2D eigenvalue weighted by atomic mass is 10.1. The Morgan fingerprint density at radius 3 is 2.21 bits per heavy atom. The van der Waals surface area contributed by atoms with Crippen LogP contribution in [0.15, 0.2) is 60.8 Å². The second-order valence-electron chi connectivity index (χ2n) is 6.62. The summed E-state index contributed by atoms with van der Waals surface area (Å²) in [5.41, 5.74) is 0.871. The Hall–Kier alpha value is -4.08. The highest BCUT2D eigenvalue weighted by atomic mass is 19.4. The highest BCUT2D eigenvalue weighted by Gasteiger charge is 2.32. The molecule has 10 heteroatoms. The molecule has 1 heterocycles. The van der Waals surface area contributed by atoms with E-state index < -0.39 is 11.7 Å². The quantitative estimate of drug-likeness (QED) is 0.457. The zero-order valence-corrected chi connectivity index (χ0v) is 18.2. The van der Waals surface area contributed by atoms with E-state index in [4.69, 9.17) is 4.74 Å². The zero-order chi connectivity index (χ0) is 24.4. The van der Waals surface area contributed by atoms with Gasteiger partial charge in [0.15, 0.2) is 0 Å². The van der Waals surface area contributed by atoms with E-state index in [1.54, 1.807) is 25.4 Å². The van der Waals surface area contributed by atoms with Gasteiger partial charge >= 0.3 is 6.18 Å². The first-order valence-electron chi connectivity index (χ1n) is 9.69. The van der Waals surface area contributed by atoms with Crippen LogP contribution in [-0.2, 0) is 11.0 Å². The van der Waals surface area contributed by atoms with Crippen LogP contribution in [0.3, 0.4) is 0 Å². The Morgan fingerprint density at radius 2 is 1.64 bits per heavy atom. The number of alkyl halides is 3. The van der Waals surface area contributed by atoms with E-state index in [9.17, 15) is 22.8 Å². The summed E-state index contributed by atoms with van der Waals surface area (Å²) < 4.78 is 42.7. The van der Waals surface area contributed by atoms with Crippen molar-refractivity contribution in [3.63, 3.8) is 0 Å². The Morgan fingerprint density at radius 1 is 0.970 bits per heavy atom. The number of aromatic nitrogens is 1. The van der Waals surface area contributed by atoms with Crippen LogP contribution in [0, 0.1) is 6.92 Å². The van der Waals surface area contributed by atoms with Crippen LogP contribution in [0.2, 0.25) is 0 Å². The Bertz CT molecular complexity index is 1090. The molecule has 3 N–H and O–H groups in total. The Kier molecular flexibility index (Phi) is 8.79. The molecule has 0 aliphatic heterocycles. The first-order valence-corrected chi connectivity index (χ1v) is 9.69. The molecule has 33 heavy (non-hydrogen) atoms. The van der Waals surface area contributed by atoms with Crippen molar-refractivity contribution in [1.82, 2.24) is 10.3 Å².